The van der Waals surface area contributed by atoms with Gasteiger partial charge in [0.2, 0.25) is 5.91 Å². The lowest BCUT2D eigenvalue weighted by Crippen LogP contribution is -2.16. The lowest BCUT2D eigenvalue weighted by atomic mass is 10.1. The van der Waals surface area contributed by atoms with Crippen LogP contribution in [0.1, 0.15) is 23.4 Å². The van der Waals surface area contributed by atoms with Crippen LogP contribution in [-0.4, -0.2) is 30.5 Å². The van der Waals surface area contributed by atoms with E-state index in [2.05, 4.69) is 20.6 Å². The second kappa shape index (κ2) is 8.69. The Balaban J connectivity index is 1.50. The van der Waals surface area contributed by atoms with Crippen LogP contribution < -0.4 is 5.32 Å². The van der Waals surface area contributed by atoms with Gasteiger partial charge in [-0.3, -0.25) is 14.5 Å². The van der Waals surface area contributed by atoms with Crippen molar-refractivity contribution < 1.29 is 4.79 Å². The fourth-order valence-electron chi connectivity index (χ4n) is 3.59. The van der Waals surface area contributed by atoms with Crippen molar-refractivity contribution >= 4 is 23.8 Å². The van der Waals surface area contributed by atoms with Gasteiger partial charge < -0.3 is 5.32 Å². The van der Waals surface area contributed by atoms with E-state index < -0.39 is 0 Å². The Kier molecular flexibility index (Phi) is 5.81. The zero-order valence-electron chi connectivity index (χ0n) is 17.7. The number of nitrogens with one attached hydrogen (secondary N) is 2. The molecule has 0 unspecified atom stereocenters. The van der Waals surface area contributed by atoms with Gasteiger partial charge in [0.05, 0.1) is 22.8 Å². The fraction of sp³-hybridized carbons (Fsp3) is 0.217. The summed E-state index contributed by atoms with van der Waals surface area (Å²) in [6.45, 7) is 6.30. The number of carbonyl (C=O) groups is 1. The molecule has 0 aliphatic carbocycles. The van der Waals surface area contributed by atoms with Crippen LogP contribution in [0.4, 0.5) is 5.69 Å². The Bertz CT molecular complexity index is 1290. The molecule has 0 aliphatic rings. The van der Waals surface area contributed by atoms with Gasteiger partial charge in [0.15, 0.2) is 10.6 Å². The second-order valence-electron chi connectivity index (χ2n) is 7.46. The molecule has 2 N–H and O–H groups in total. The van der Waals surface area contributed by atoms with Gasteiger partial charge in [0, 0.05) is 18.5 Å². The number of anilines is 1. The second-order valence-corrected chi connectivity index (χ2v) is 7.85. The molecule has 0 fully saturated rings. The van der Waals surface area contributed by atoms with Crippen LogP contribution in [-0.2, 0) is 11.3 Å². The molecule has 0 atom stereocenters. The van der Waals surface area contributed by atoms with Crippen molar-refractivity contribution in [2.75, 3.05) is 5.32 Å². The summed E-state index contributed by atoms with van der Waals surface area (Å²) in [4.78, 5) is 12.7. The van der Waals surface area contributed by atoms with Crippen LogP contribution in [0.5, 0.6) is 0 Å². The number of hydrogen-bond donors (Lipinski definition) is 2. The number of aryl methyl sites for hydroxylation is 2. The predicted octanol–water partition coefficient (Wildman–Crippen LogP) is 4.75. The van der Waals surface area contributed by atoms with Crippen LogP contribution >= 0.6 is 12.2 Å². The normalized spacial score (nSPS) is 10.9. The highest BCUT2D eigenvalue weighted by molar-refractivity contribution is 7.71. The predicted molar refractivity (Wildman–Crippen MR) is 124 cm³/mol. The minimum absolute atomic E-state index is 0.0999. The molecule has 158 valence electrons. The summed E-state index contributed by atoms with van der Waals surface area (Å²) in [5, 5.41) is 14.8. The van der Waals surface area contributed by atoms with Gasteiger partial charge in [0.1, 0.15) is 0 Å². The van der Waals surface area contributed by atoms with Crippen molar-refractivity contribution in [2.45, 2.75) is 33.7 Å². The topological polar surface area (TPSA) is 80.5 Å². The number of nitrogens with zero attached hydrogens (tertiary/aromatic N) is 4. The summed E-state index contributed by atoms with van der Waals surface area (Å²) in [6, 6.07) is 17.9. The van der Waals surface area contributed by atoms with E-state index in [0.29, 0.717) is 11.3 Å². The molecule has 2 aromatic carbocycles. The number of rotatable bonds is 6. The molecule has 0 aliphatic heterocycles. The van der Waals surface area contributed by atoms with Crippen molar-refractivity contribution in [1.82, 2.24) is 24.5 Å². The standard InChI is InChI=1S/C23H24N6OS/c1-15-8-7-9-18(14-15)22-25-26-23(31)28(22)13-12-20(30)24-21-16(2)27-29(17(21)3)19-10-5-4-6-11-19/h4-11,14H,12-13H2,1-3H3,(H,24,30)(H,26,31). The molecular formula is C23H24N6OS. The van der Waals surface area contributed by atoms with Gasteiger partial charge in [-0.05, 0) is 51.2 Å². The maximum absolute atomic E-state index is 12.7. The lowest BCUT2D eigenvalue weighted by molar-refractivity contribution is -0.116. The number of aromatic nitrogens is 5. The van der Waals surface area contributed by atoms with Crippen LogP contribution in [0, 0.1) is 25.5 Å². The molecule has 2 heterocycles. The van der Waals surface area contributed by atoms with E-state index in [1.54, 1.807) is 0 Å². The Labute approximate surface area is 185 Å². The molecule has 4 aromatic rings. The third kappa shape index (κ3) is 4.34. The molecule has 4 rings (SSSR count). The van der Waals surface area contributed by atoms with E-state index >= 15 is 0 Å². The monoisotopic (exact) mass is 432 g/mol. The number of hydrogen-bond acceptors (Lipinski definition) is 4. The molecular weight excluding hydrogens is 408 g/mol. The van der Waals surface area contributed by atoms with Gasteiger partial charge in [-0.25, -0.2) is 4.68 Å². The quantitative estimate of drug-likeness (QED) is 0.431. The minimum Gasteiger partial charge on any atom is -0.323 e. The van der Waals surface area contributed by atoms with E-state index in [4.69, 9.17) is 12.2 Å². The molecule has 0 saturated heterocycles. The summed E-state index contributed by atoms with van der Waals surface area (Å²) >= 11 is 5.39. The molecule has 8 heteroatoms. The zero-order valence-corrected chi connectivity index (χ0v) is 18.5. The average Bonchev–Trinajstić information content (AvgIpc) is 3.27. The maximum atomic E-state index is 12.7. The molecule has 1 amide bonds. The van der Waals surface area contributed by atoms with Crippen molar-refractivity contribution in [3.05, 3.63) is 76.3 Å². The lowest BCUT2D eigenvalue weighted by Gasteiger charge is -2.09. The number of para-hydroxylation sites is 1. The first-order chi connectivity index (χ1) is 14.9. The van der Waals surface area contributed by atoms with E-state index in [1.807, 2.05) is 84.6 Å². The molecule has 0 spiro atoms. The van der Waals surface area contributed by atoms with Crippen LogP contribution in [0.2, 0.25) is 0 Å². The summed E-state index contributed by atoms with van der Waals surface area (Å²) in [5.74, 6) is 0.628. The summed E-state index contributed by atoms with van der Waals surface area (Å²) in [7, 11) is 0. The number of carbonyl (C=O) groups excluding carboxylic acids is 1. The van der Waals surface area contributed by atoms with Gasteiger partial charge in [-0.2, -0.15) is 10.2 Å². The summed E-state index contributed by atoms with van der Waals surface area (Å²) < 4.78 is 4.19. The van der Waals surface area contributed by atoms with Crippen LogP contribution in [0.15, 0.2) is 54.6 Å². The largest absolute Gasteiger partial charge is 0.323 e. The SMILES string of the molecule is Cc1cccc(-c2n[nH]c(=S)n2CCC(=O)Nc2c(C)nn(-c3ccccc3)c2C)c1. The fourth-order valence-corrected chi connectivity index (χ4v) is 3.81. The summed E-state index contributed by atoms with van der Waals surface area (Å²) in [5.41, 5.74) is 5.45. The minimum atomic E-state index is -0.0999. The van der Waals surface area contributed by atoms with Crippen molar-refractivity contribution in [2.24, 2.45) is 0 Å². The van der Waals surface area contributed by atoms with Gasteiger partial charge >= 0.3 is 0 Å². The van der Waals surface area contributed by atoms with E-state index in [9.17, 15) is 4.79 Å². The number of aromatic amines is 1. The molecule has 2 aromatic heterocycles. The molecule has 0 bridgehead atoms. The van der Waals surface area contributed by atoms with Gasteiger partial charge in [0.25, 0.3) is 0 Å². The van der Waals surface area contributed by atoms with E-state index in [1.165, 1.54) is 0 Å². The smallest absolute Gasteiger partial charge is 0.226 e. The average molecular weight is 433 g/mol. The van der Waals surface area contributed by atoms with Crippen LogP contribution in [0.25, 0.3) is 17.1 Å². The third-order valence-electron chi connectivity index (χ3n) is 5.15. The number of benzene rings is 2. The van der Waals surface area contributed by atoms with E-state index in [-0.39, 0.29) is 12.3 Å². The Morgan fingerprint density at radius 1 is 1.10 bits per heavy atom. The summed E-state index contributed by atoms with van der Waals surface area (Å²) in [6.07, 6.45) is 0.266. The highest BCUT2D eigenvalue weighted by Gasteiger charge is 2.16. The Hall–Kier alpha value is -3.52. The molecule has 0 radical (unpaired) electrons. The Morgan fingerprint density at radius 2 is 1.87 bits per heavy atom. The van der Waals surface area contributed by atoms with Crippen molar-refractivity contribution in [1.29, 1.82) is 0 Å². The number of H-pyrrole nitrogens is 1. The van der Waals surface area contributed by atoms with Crippen molar-refractivity contribution in [3.8, 4) is 17.1 Å². The first-order valence-corrected chi connectivity index (χ1v) is 10.5. The maximum Gasteiger partial charge on any atom is 0.226 e. The molecule has 7 nitrogen and oxygen atoms in total. The van der Waals surface area contributed by atoms with Gasteiger partial charge in [-0.1, -0.05) is 42.0 Å². The highest BCUT2D eigenvalue weighted by atomic mass is 32.1. The number of amides is 1. The first kappa shape index (κ1) is 20.7. The van der Waals surface area contributed by atoms with Crippen LogP contribution in [0.3, 0.4) is 0 Å². The third-order valence-corrected chi connectivity index (χ3v) is 5.47. The highest BCUT2D eigenvalue weighted by Crippen LogP contribution is 2.23. The van der Waals surface area contributed by atoms with E-state index in [0.717, 1.165) is 39.7 Å². The molecule has 0 saturated carbocycles. The van der Waals surface area contributed by atoms with Gasteiger partial charge in [-0.15, -0.1) is 0 Å². The van der Waals surface area contributed by atoms with Crippen molar-refractivity contribution in [3.63, 3.8) is 0 Å². The Morgan fingerprint density at radius 3 is 2.61 bits per heavy atom. The first-order valence-electron chi connectivity index (χ1n) is 10.1. The zero-order chi connectivity index (χ0) is 22.0. The molecule has 31 heavy (non-hydrogen) atoms.